The Morgan fingerprint density at radius 1 is 1.22 bits per heavy atom. The van der Waals surface area contributed by atoms with Gasteiger partial charge in [0.25, 0.3) is 0 Å². The molecule has 0 amide bonds. The number of halogens is 2. The van der Waals surface area contributed by atoms with Gasteiger partial charge in [0.1, 0.15) is 5.82 Å². The highest BCUT2D eigenvalue weighted by Crippen LogP contribution is 2.26. The molecule has 0 saturated heterocycles. The Balaban J connectivity index is 2.45. The van der Waals surface area contributed by atoms with Crippen LogP contribution in [0.4, 0.5) is 4.39 Å². The lowest BCUT2D eigenvalue weighted by atomic mass is 9.95. The molecule has 0 fully saturated rings. The lowest BCUT2D eigenvalue weighted by Gasteiger charge is -2.19. The first-order valence-electron chi connectivity index (χ1n) is 5.59. The molecule has 2 aromatic carbocycles. The summed E-state index contributed by atoms with van der Waals surface area (Å²) in [6.07, 6.45) is 0. The van der Waals surface area contributed by atoms with Gasteiger partial charge in [-0.3, -0.25) is 5.84 Å². The number of benzene rings is 2. The minimum atomic E-state index is -0.235. The summed E-state index contributed by atoms with van der Waals surface area (Å²) in [7, 11) is 0. The third kappa shape index (κ3) is 2.77. The summed E-state index contributed by atoms with van der Waals surface area (Å²) in [5.41, 5.74) is 5.65. The lowest BCUT2D eigenvalue weighted by Crippen LogP contribution is -2.29. The summed E-state index contributed by atoms with van der Waals surface area (Å²) in [4.78, 5) is 0. The van der Waals surface area contributed by atoms with Gasteiger partial charge in [0, 0.05) is 4.47 Å². The largest absolute Gasteiger partial charge is 0.271 e. The third-order valence-electron chi connectivity index (χ3n) is 2.89. The van der Waals surface area contributed by atoms with Gasteiger partial charge in [0.05, 0.1) is 6.04 Å². The molecular weight excluding hydrogens is 295 g/mol. The van der Waals surface area contributed by atoms with Crippen LogP contribution in [0, 0.1) is 12.7 Å². The normalized spacial score (nSPS) is 12.4. The van der Waals surface area contributed by atoms with Crippen LogP contribution in [-0.4, -0.2) is 0 Å². The molecule has 0 aromatic heterocycles. The molecule has 3 N–H and O–H groups in total. The Morgan fingerprint density at radius 3 is 2.61 bits per heavy atom. The predicted octanol–water partition coefficient (Wildman–Crippen LogP) is 3.45. The van der Waals surface area contributed by atoms with Crippen LogP contribution in [0.25, 0.3) is 0 Å². The van der Waals surface area contributed by atoms with Gasteiger partial charge in [-0.2, -0.15) is 0 Å². The van der Waals surface area contributed by atoms with Crippen molar-refractivity contribution in [3.05, 3.63) is 69.4 Å². The number of nitrogens with two attached hydrogens (primary N) is 1. The smallest absolute Gasteiger partial charge is 0.123 e. The molecule has 0 aliphatic carbocycles. The first kappa shape index (κ1) is 13.2. The first-order valence-corrected chi connectivity index (χ1v) is 6.39. The second kappa shape index (κ2) is 5.61. The maximum atomic E-state index is 13.1. The van der Waals surface area contributed by atoms with Crippen LogP contribution in [0.15, 0.2) is 46.9 Å². The van der Waals surface area contributed by atoms with Crippen molar-refractivity contribution in [3.63, 3.8) is 0 Å². The van der Waals surface area contributed by atoms with E-state index in [9.17, 15) is 4.39 Å². The highest BCUT2D eigenvalue weighted by atomic mass is 79.9. The van der Waals surface area contributed by atoms with Crippen molar-refractivity contribution in [1.82, 2.24) is 5.43 Å². The van der Waals surface area contributed by atoms with E-state index in [0.29, 0.717) is 0 Å². The third-order valence-corrected chi connectivity index (χ3v) is 3.38. The molecule has 18 heavy (non-hydrogen) atoms. The molecule has 0 radical (unpaired) electrons. The van der Waals surface area contributed by atoms with Crippen LogP contribution >= 0.6 is 15.9 Å². The molecule has 4 heteroatoms. The molecule has 1 atom stereocenters. The van der Waals surface area contributed by atoms with Gasteiger partial charge in [-0.25, -0.2) is 9.82 Å². The molecule has 2 nitrogen and oxygen atoms in total. The molecule has 2 rings (SSSR count). The molecule has 0 spiro atoms. The van der Waals surface area contributed by atoms with Crippen molar-refractivity contribution in [2.75, 3.05) is 0 Å². The van der Waals surface area contributed by atoms with Gasteiger partial charge in [0.15, 0.2) is 0 Å². The summed E-state index contributed by atoms with van der Waals surface area (Å²) in [5, 5.41) is 0. The minimum Gasteiger partial charge on any atom is -0.271 e. The molecule has 0 bridgehead atoms. The molecule has 0 aliphatic heterocycles. The van der Waals surface area contributed by atoms with Crippen molar-refractivity contribution >= 4 is 15.9 Å². The second-order valence-electron chi connectivity index (χ2n) is 4.16. The predicted molar refractivity (Wildman–Crippen MR) is 74.4 cm³/mol. The maximum Gasteiger partial charge on any atom is 0.123 e. The summed E-state index contributed by atoms with van der Waals surface area (Å²) in [5.74, 6) is 5.40. The van der Waals surface area contributed by atoms with E-state index < -0.39 is 0 Å². The van der Waals surface area contributed by atoms with Crippen molar-refractivity contribution in [2.24, 2.45) is 5.84 Å². The average Bonchev–Trinajstić information content (AvgIpc) is 2.33. The average molecular weight is 309 g/mol. The number of hydrazine groups is 1. The Labute approximate surface area is 114 Å². The van der Waals surface area contributed by atoms with Crippen LogP contribution in [0.2, 0.25) is 0 Å². The zero-order valence-corrected chi connectivity index (χ0v) is 11.5. The Bertz CT molecular complexity index is 557. The molecule has 0 heterocycles. The molecular formula is C14H14BrFN2. The van der Waals surface area contributed by atoms with Crippen LogP contribution in [0.3, 0.4) is 0 Å². The summed E-state index contributed by atoms with van der Waals surface area (Å²) >= 11 is 3.43. The van der Waals surface area contributed by atoms with Crippen molar-refractivity contribution in [1.29, 1.82) is 0 Å². The van der Waals surface area contributed by atoms with E-state index in [1.807, 2.05) is 31.2 Å². The Kier molecular flexibility index (Phi) is 4.11. The number of nitrogens with one attached hydrogen (secondary N) is 1. The molecule has 2 aromatic rings. The highest BCUT2D eigenvalue weighted by molar-refractivity contribution is 9.10. The number of hydrogen-bond donors (Lipinski definition) is 2. The van der Waals surface area contributed by atoms with Crippen molar-refractivity contribution in [3.8, 4) is 0 Å². The van der Waals surface area contributed by atoms with Gasteiger partial charge < -0.3 is 0 Å². The number of hydrogen-bond acceptors (Lipinski definition) is 2. The number of aryl methyl sites for hydroxylation is 1. The van der Waals surface area contributed by atoms with Gasteiger partial charge >= 0.3 is 0 Å². The van der Waals surface area contributed by atoms with Gasteiger partial charge in [0.2, 0.25) is 0 Å². The van der Waals surface area contributed by atoms with E-state index in [2.05, 4.69) is 21.4 Å². The van der Waals surface area contributed by atoms with E-state index >= 15 is 0 Å². The SMILES string of the molecule is Cc1cc(F)ccc1C(NN)c1cccc(Br)c1. The Morgan fingerprint density at radius 2 is 2.00 bits per heavy atom. The molecule has 1 unspecified atom stereocenters. The topological polar surface area (TPSA) is 38.0 Å². The van der Waals surface area contributed by atoms with Crippen LogP contribution in [-0.2, 0) is 0 Å². The van der Waals surface area contributed by atoms with Gasteiger partial charge in [-0.1, -0.05) is 34.1 Å². The zero-order chi connectivity index (χ0) is 13.1. The van der Waals surface area contributed by atoms with Crippen LogP contribution in [0.5, 0.6) is 0 Å². The monoisotopic (exact) mass is 308 g/mol. The molecule has 94 valence electrons. The Hall–Kier alpha value is -1.23. The zero-order valence-electron chi connectivity index (χ0n) is 9.95. The molecule has 0 saturated carbocycles. The van der Waals surface area contributed by atoms with Crippen molar-refractivity contribution in [2.45, 2.75) is 13.0 Å². The second-order valence-corrected chi connectivity index (χ2v) is 5.07. The van der Waals surface area contributed by atoms with E-state index in [-0.39, 0.29) is 11.9 Å². The fraction of sp³-hybridized carbons (Fsp3) is 0.143. The van der Waals surface area contributed by atoms with E-state index in [0.717, 1.165) is 21.2 Å². The minimum absolute atomic E-state index is 0.150. The maximum absolute atomic E-state index is 13.1. The van der Waals surface area contributed by atoms with Crippen molar-refractivity contribution < 1.29 is 4.39 Å². The van der Waals surface area contributed by atoms with Gasteiger partial charge in [-0.15, -0.1) is 0 Å². The number of rotatable bonds is 3. The van der Waals surface area contributed by atoms with Crippen LogP contribution < -0.4 is 11.3 Å². The fourth-order valence-corrected chi connectivity index (χ4v) is 2.43. The van der Waals surface area contributed by atoms with E-state index in [1.54, 1.807) is 6.07 Å². The molecule has 0 aliphatic rings. The first-order chi connectivity index (χ1) is 8.61. The van der Waals surface area contributed by atoms with E-state index in [4.69, 9.17) is 5.84 Å². The fourth-order valence-electron chi connectivity index (χ4n) is 2.01. The standard InChI is InChI=1S/C14H14BrFN2/c1-9-7-12(16)5-6-13(9)14(18-17)10-3-2-4-11(15)8-10/h2-8,14,18H,17H2,1H3. The lowest BCUT2D eigenvalue weighted by molar-refractivity contribution is 0.612. The summed E-state index contributed by atoms with van der Waals surface area (Å²) < 4.78 is 14.1. The summed E-state index contributed by atoms with van der Waals surface area (Å²) in [6.45, 7) is 1.88. The quantitative estimate of drug-likeness (QED) is 0.673. The highest BCUT2D eigenvalue weighted by Gasteiger charge is 2.15. The van der Waals surface area contributed by atoms with Crippen LogP contribution in [0.1, 0.15) is 22.7 Å². The summed E-state index contributed by atoms with van der Waals surface area (Å²) in [6, 6.07) is 12.4. The van der Waals surface area contributed by atoms with Gasteiger partial charge in [-0.05, 0) is 47.9 Å². The van der Waals surface area contributed by atoms with E-state index in [1.165, 1.54) is 12.1 Å².